The van der Waals surface area contributed by atoms with Crippen LogP contribution in [0, 0.1) is 5.41 Å². The van der Waals surface area contributed by atoms with Gasteiger partial charge >= 0.3 is 7.82 Å². The maximum absolute atomic E-state index is 12.0. The minimum absolute atomic E-state index is 0.268. The third-order valence-electron chi connectivity index (χ3n) is 3.36. The van der Waals surface area contributed by atoms with Crippen LogP contribution < -0.4 is 0 Å². The van der Waals surface area contributed by atoms with E-state index in [0.717, 1.165) is 12.7 Å². The number of rotatable bonds is 4. The van der Waals surface area contributed by atoms with E-state index in [9.17, 15) is 14.3 Å². The highest BCUT2D eigenvalue weighted by atomic mass is 31.2. The van der Waals surface area contributed by atoms with Crippen molar-refractivity contribution in [3.05, 3.63) is 11.1 Å². The van der Waals surface area contributed by atoms with Crippen LogP contribution in [0.1, 0.15) is 34.1 Å². The molecule has 1 N–H and O–H groups in total. The summed E-state index contributed by atoms with van der Waals surface area (Å²) in [4.78, 5) is 25.4. The van der Waals surface area contributed by atoms with Gasteiger partial charge in [0.15, 0.2) is 5.78 Å². The summed E-state index contributed by atoms with van der Waals surface area (Å²) in [6.07, 6.45) is -0.665. The van der Waals surface area contributed by atoms with Crippen molar-refractivity contribution in [2.24, 2.45) is 5.41 Å². The molecule has 0 aliphatic heterocycles. The normalized spacial score (nSPS) is 27.2. The Morgan fingerprint density at radius 3 is 2.44 bits per heavy atom. The van der Waals surface area contributed by atoms with Crippen molar-refractivity contribution >= 4 is 13.6 Å². The number of hydrogen-bond acceptors (Lipinski definition) is 5. The van der Waals surface area contributed by atoms with Gasteiger partial charge in [0, 0.05) is 0 Å². The lowest BCUT2D eigenvalue weighted by Crippen LogP contribution is -2.37. The van der Waals surface area contributed by atoms with Gasteiger partial charge in [-0.05, 0) is 31.3 Å². The van der Waals surface area contributed by atoms with Gasteiger partial charge < -0.3 is 4.89 Å². The topological polar surface area (TPSA) is 82.1 Å². The SMILES string of the molecule is COOP(=O)(O)OC1CC(C)(C)C(C)=C(C)C1=O. The Kier molecular flexibility index (Phi) is 4.51. The fraction of sp³-hybridized carbons (Fsp3) is 0.727. The molecule has 0 fully saturated rings. The monoisotopic (exact) mass is 278 g/mol. The molecule has 7 heteroatoms. The van der Waals surface area contributed by atoms with Gasteiger partial charge in [0.1, 0.15) is 6.10 Å². The van der Waals surface area contributed by atoms with Crippen molar-refractivity contribution in [1.82, 2.24) is 0 Å². The van der Waals surface area contributed by atoms with Crippen molar-refractivity contribution in [3.8, 4) is 0 Å². The maximum atomic E-state index is 12.0. The maximum Gasteiger partial charge on any atom is 0.500 e. The largest absolute Gasteiger partial charge is 0.500 e. The molecular formula is C11H19O6P. The second-order valence-electron chi connectivity index (χ2n) is 5.01. The van der Waals surface area contributed by atoms with Gasteiger partial charge in [0.2, 0.25) is 0 Å². The highest BCUT2D eigenvalue weighted by Crippen LogP contribution is 2.49. The Balaban J connectivity index is 2.95. The molecule has 0 heterocycles. The van der Waals surface area contributed by atoms with Crippen LogP contribution in [0.4, 0.5) is 0 Å². The molecule has 0 bridgehead atoms. The smallest absolute Gasteiger partial charge is 0.301 e. The van der Waals surface area contributed by atoms with Crippen LogP contribution in [0.3, 0.4) is 0 Å². The van der Waals surface area contributed by atoms with Crippen molar-refractivity contribution in [1.29, 1.82) is 0 Å². The molecule has 2 unspecified atom stereocenters. The number of hydrogen-bond donors (Lipinski definition) is 1. The van der Waals surface area contributed by atoms with E-state index in [2.05, 4.69) is 9.56 Å². The van der Waals surface area contributed by atoms with Crippen LogP contribution >= 0.6 is 7.82 Å². The molecular weight excluding hydrogens is 259 g/mol. The van der Waals surface area contributed by atoms with E-state index in [4.69, 9.17) is 4.52 Å². The fourth-order valence-corrected chi connectivity index (χ4v) is 2.72. The Hall–Kier alpha value is -0.520. The zero-order chi connectivity index (χ0) is 14.1. The van der Waals surface area contributed by atoms with Gasteiger partial charge in [0.25, 0.3) is 0 Å². The Bertz CT molecular complexity index is 425. The van der Waals surface area contributed by atoms with Crippen LogP contribution in [-0.4, -0.2) is 23.9 Å². The minimum atomic E-state index is -4.37. The molecule has 0 saturated carbocycles. The van der Waals surface area contributed by atoms with Gasteiger partial charge in [-0.2, -0.15) is 0 Å². The molecule has 0 aromatic carbocycles. The molecule has 0 spiro atoms. The molecule has 0 aromatic rings. The van der Waals surface area contributed by atoms with Crippen LogP contribution in [0.25, 0.3) is 0 Å². The molecule has 0 aromatic heterocycles. The minimum Gasteiger partial charge on any atom is -0.301 e. The van der Waals surface area contributed by atoms with E-state index >= 15 is 0 Å². The molecule has 0 saturated heterocycles. The zero-order valence-corrected chi connectivity index (χ0v) is 12.1. The first-order chi connectivity index (χ1) is 8.10. The average Bonchev–Trinajstić information content (AvgIpc) is 2.22. The summed E-state index contributed by atoms with van der Waals surface area (Å²) < 4.78 is 20.4. The van der Waals surface area contributed by atoms with Gasteiger partial charge in [0.05, 0.1) is 7.11 Å². The lowest BCUT2D eigenvalue weighted by molar-refractivity contribution is -0.201. The molecule has 1 rings (SSSR count). The van der Waals surface area contributed by atoms with E-state index < -0.39 is 13.9 Å². The average molecular weight is 278 g/mol. The number of ketones is 1. The first-order valence-corrected chi connectivity index (χ1v) is 7.06. The first kappa shape index (κ1) is 15.5. The number of allylic oxidation sites excluding steroid dienone is 1. The van der Waals surface area contributed by atoms with Crippen LogP contribution in [-0.2, 0) is 23.4 Å². The second-order valence-corrected chi connectivity index (χ2v) is 6.30. The summed E-state index contributed by atoms with van der Waals surface area (Å²) in [5.74, 6) is -0.291. The number of carbonyl (C=O) groups excluding carboxylic acids is 1. The Morgan fingerprint density at radius 2 is 1.94 bits per heavy atom. The van der Waals surface area contributed by atoms with Crippen molar-refractivity contribution < 1.29 is 28.3 Å². The Labute approximate surface area is 106 Å². The van der Waals surface area contributed by atoms with Gasteiger partial charge in [-0.3, -0.25) is 9.32 Å². The first-order valence-electron chi connectivity index (χ1n) is 5.56. The van der Waals surface area contributed by atoms with Gasteiger partial charge in [-0.15, -0.1) is 4.67 Å². The van der Waals surface area contributed by atoms with Crippen LogP contribution in [0.15, 0.2) is 11.1 Å². The summed E-state index contributed by atoms with van der Waals surface area (Å²) in [7, 11) is -3.28. The predicted molar refractivity (Wildman–Crippen MR) is 64.6 cm³/mol. The van der Waals surface area contributed by atoms with Crippen molar-refractivity contribution in [2.75, 3.05) is 7.11 Å². The molecule has 6 nitrogen and oxygen atoms in total. The summed E-state index contributed by atoms with van der Waals surface area (Å²) in [6.45, 7) is 7.48. The van der Waals surface area contributed by atoms with Crippen LogP contribution in [0.5, 0.6) is 0 Å². The highest BCUT2D eigenvalue weighted by Gasteiger charge is 2.41. The Morgan fingerprint density at radius 1 is 1.39 bits per heavy atom. The summed E-state index contributed by atoms with van der Waals surface area (Å²) in [5.41, 5.74) is 1.26. The molecule has 0 amide bonds. The highest BCUT2D eigenvalue weighted by molar-refractivity contribution is 7.47. The lowest BCUT2D eigenvalue weighted by atomic mass is 9.72. The number of Topliss-reactive ketones (excluding diaryl/α,β-unsaturated/α-hetero) is 1. The van der Waals surface area contributed by atoms with Gasteiger partial charge in [-0.1, -0.05) is 19.4 Å². The summed E-state index contributed by atoms with van der Waals surface area (Å²) in [6, 6.07) is 0. The third kappa shape index (κ3) is 3.28. The third-order valence-corrected chi connectivity index (χ3v) is 4.22. The molecule has 1 aliphatic carbocycles. The van der Waals surface area contributed by atoms with E-state index in [-0.39, 0.29) is 11.2 Å². The molecule has 1 aliphatic rings. The molecule has 18 heavy (non-hydrogen) atoms. The van der Waals surface area contributed by atoms with E-state index in [1.54, 1.807) is 6.92 Å². The lowest BCUT2D eigenvalue weighted by Gasteiger charge is -2.36. The van der Waals surface area contributed by atoms with Gasteiger partial charge in [-0.25, -0.2) is 9.45 Å². The van der Waals surface area contributed by atoms with E-state index in [1.807, 2.05) is 20.8 Å². The fourth-order valence-electron chi connectivity index (χ4n) is 2.00. The van der Waals surface area contributed by atoms with E-state index in [1.165, 1.54) is 0 Å². The predicted octanol–water partition coefficient (Wildman–Crippen LogP) is 2.39. The van der Waals surface area contributed by atoms with Crippen molar-refractivity contribution in [3.63, 3.8) is 0 Å². The zero-order valence-electron chi connectivity index (χ0n) is 11.2. The number of phosphoric ester groups is 1. The number of phosphoric acid groups is 1. The van der Waals surface area contributed by atoms with Crippen LogP contribution in [0.2, 0.25) is 0 Å². The molecule has 2 atom stereocenters. The summed E-state index contributed by atoms with van der Waals surface area (Å²) in [5, 5.41) is 0. The second kappa shape index (κ2) is 5.23. The quantitative estimate of drug-likeness (QED) is 0.483. The number of carbonyl (C=O) groups is 1. The standard InChI is InChI=1S/C11H19O6P/c1-7-8(2)11(3,4)6-9(10(7)12)16-18(13,14)17-15-5/h9H,6H2,1-5H3,(H,13,14). The van der Waals surface area contributed by atoms with E-state index in [0.29, 0.717) is 12.0 Å². The molecule has 0 radical (unpaired) electrons. The summed E-state index contributed by atoms with van der Waals surface area (Å²) >= 11 is 0. The molecule has 104 valence electrons. The van der Waals surface area contributed by atoms with Crippen molar-refractivity contribution in [2.45, 2.75) is 40.2 Å².